The summed E-state index contributed by atoms with van der Waals surface area (Å²) in [5, 5.41) is 13.0. The molecule has 0 saturated heterocycles. The van der Waals surface area contributed by atoms with E-state index in [4.69, 9.17) is 34.6 Å². The third-order valence-electron chi connectivity index (χ3n) is 11.3. The largest absolute Gasteiger partial charge is 0.507 e. The van der Waals surface area contributed by atoms with Crippen LogP contribution in [0.5, 0.6) is 5.75 Å². The Bertz CT molecular complexity index is 3570. The Kier molecular flexibility index (Phi) is 7.88. The first-order valence-electron chi connectivity index (χ1n) is 30.0. The van der Waals surface area contributed by atoms with Crippen LogP contribution < -0.4 is 0 Å². The van der Waals surface area contributed by atoms with Crippen molar-refractivity contribution < 1.29 is 50.8 Å². The predicted octanol–water partition coefficient (Wildman–Crippen LogP) is 15.7. The number of imidazole rings is 1. The molecule has 0 aliphatic heterocycles. The molecule has 5 heteroatoms. The normalized spacial score (nSPS) is 17.5. The van der Waals surface area contributed by atoms with Crippen molar-refractivity contribution in [2.75, 3.05) is 0 Å². The SMILES string of the molecule is [2H]C([2H])([2H])C(c1cc(-c2nc3c(-c4[c-]c(-c5cc(-c6ccc(C)cc6)ccn5)cc(C(C)(C)C)c4)cccc3n2-c2ccc(CC(C)C)cc2-c2ccccc2)c(O)c(C(C([2H])([2H])[2H])(C([2H])([2H])[2H])C([2H])([2H])[2H])c1)(C([2H])([2H])[2H])C([2H])([2H])[2H].[Pt]. The van der Waals surface area contributed by atoms with Gasteiger partial charge in [0.2, 0.25) is 0 Å². The maximum atomic E-state index is 13.0. The second kappa shape index (κ2) is 17.8. The number of aromatic nitrogens is 3. The number of rotatable bonds is 8. The summed E-state index contributed by atoms with van der Waals surface area (Å²) in [5.74, 6) is -1.56. The van der Waals surface area contributed by atoms with Crippen molar-refractivity contribution in [1.82, 2.24) is 14.5 Å². The van der Waals surface area contributed by atoms with Gasteiger partial charge in [-0.25, -0.2) is 4.98 Å². The van der Waals surface area contributed by atoms with E-state index in [2.05, 4.69) is 19.9 Å². The Morgan fingerprint density at radius 2 is 1.36 bits per heavy atom. The molecule has 0 radical (unpaired) electrons. The summed E-state index contributed by atoms with van der Waals surface area (Å²) < 4.78 is 160. The molecule has 64 heavy (non-hydrogen) atoms. The molecule has 8 aromatic rings. The molecule has 2 aromatic heterocycles. The number of pyridine rings is 1. The van der Waals surface area contributed by atoms with Crippen LogP contribution >= 0.6 is 0 Å². The fourth-order valence-corrected chi connectivity index (χ4v) is 8.06. The van der Waals surface area contributed by atoms with E-state index in [0.717, 1.165) is 33.9 Å². The third-order valence-corrected chi connectivity index (χ3v) is 11.3. The summed E-state index contributed by atoms with van der Waals surface area (Å²) in [6.45, 7) is -12.3. The Hall–Kier alpha value is -5.57. The van der Waals surface area contributed by atoms with Gasteiger partial charge in [-0.2, -0.15) is 0 Å². The van der Waals surface area contributed by atoms with Crippen molar-refractivity contribution in [3.63, 3.8) is 0 Å². The summed E-state index contributed by atoms with van der Waals surface area (Å²) in [7, 11) is 0. The fourth-order valence-electron chi connectivity index (χ4n) is 8.06. The van der Waals surface area contributed by atoms with Crippen molar-refractivity contribution in [1.29, 1.82) is 0 Å². The van der Waals surface area contributed by atoms with Crippen LogP contribution in [0.15, 0.2) is 134 Å². The molecule has 6 aromatic carbocycles. The van der Waals surface area contributed by atoms with E-state index < -0.39 is 85.6 Å². The average molecular weight is 1040 g/mol. The Morgan fingerprint density at radius 1 is 0.656 bits per heavy atom. The quantitative estimate of drug-likeness (QED) is 0.154. The van der Waals surface area contributed by atoms with E-state index in [1.807, 2.05) is 119 Å². The van der Waals surface area contributed by atoms with Gasteiger partial charge < -0.3 is 5.11 Å². The van der Waals surface area contributed by atoms with E-state index >= 15 is 0 Å². The molecule has 0 spiro atoms. The number of fused-ring (bicyclic) bond motifs is 1. The molecule has 0 fully saturated rings. The first-order chi connectivity index (χ1) is 37.3. The van der Waals surface area contributed by atoms with Crippen LogP contribution in [0.2, 0.25) is 0 Å². The van der Waals surface area contributed by atoms with Gasteiger partial charge in [0.1, 0.15) is 11.6 Å². The summed E-state index contributed by atoms with van der Waals surface area (Å²) >= 11 is 0. The molecule has 0 aliphatic carbocycles. The second-order valence-corrected chi connectivity index (χ2v) is 17.9. The third kappa shape index (κ3) is 9.45. The molecule has 1 N–H and O–H groups in total. The van der Waals surface area contributed by atoms with Crippen LogP contribution in [0.4, 0.5) is 0 Å². The zero-order valence-corrected chi connectivity index (χ0v) is 38.9. The number of hydrogen-bond donors (Lipinski definition) is 1. The average Bonchev–Trinajstić information content (AvgIpc) is 1.36. The molecule has 4 nitrogen and oxygen atoms in total. The number of hydrogen-bond acceptors (Lipinski definition) is 3. The number of phenols is 1. The van der Waals surface area contributed by atoms with Gasteiger partial charge in [0.05, 0.1) is 22.3 Å². The van der Waals surface area contributed by atoms with Gasteiger partial charge in [-0.3, -0.25) is 9.55 Å². The second-order valence-electron chi connectivity index (χ2n) is 17.9. The summed E-state index contributed by atoms with van der Waals surface area (Å²) in [4.78, 5) is 9.98. The zero-order valence-electron chi connectivity index (χ0n) is 54.6. The minimum Gasteiger partial charge on any atom is -0.507 e. The molecule has 0 unspecified atom stereocenters. The molecule has 0 saturated carbocycles. The molecule has 2 heterocycles. The minimum atomic E-state index is -4.13. The van der Waals surface area contributed by atoms with Crippen molar-refractivity contribution in [2.45, 2.75) is 105 Å². The van der Waals surface area contributed by atoms with Gasteiger partial charge in [0.15, 0.2) is 0 Å². The van der Waals surface area contributed by atoms with Crippen LogP contribution in [0.3, 0.4) is 0 Å². The number of aryl methyl sites for hydroxylation is 1. The maximum Gasteiger partial charge on any atom is 0.148 e. The van der Waals surface area contributed by atoms with Gasteiger partial charge in [-0.05, 0) is 93.7 Å². The smallest absolute Gasteiger partial charge is 0.148 e. The van der Waals surface area contributed by atoms with Gasteiger partial charge in [0.25, 0.3) is 0 Å². The topological polar surface area (TPSA) is 50.9 Å². The van der Waals surface area contributed by atoms with Gasteiger partial charge in [0, 0.05) is 68.8 Å². The number of aromatic hydroxyl groups is 1. The van der Waals surface area contributed by atoms with E-state index in [0.29, 0.717) is 51.7 Å². The Morgan fingerprint density at radius 3 is 2.05 bits per heavy atom. The molecule has 0 aliphatic rings. The zero-order chi connectivity index (χ0) is 60.0. The van der Waals surface area contributed by atoms with Crippen LogP contribution in [0.25, 0.3) is 72.7 Å². The van der Waals surface area contributed by atoms with E-state index in [-0.39, 0.29) is 38.0 Å². The van der Waals surface area contributed by atoms with Crippen molar-refractivity contribution in [3.8, 4) is 67.5 Å². The standard InChI is InChI=1S/C59H62N3O.Pt/c1-37(2)29-39-23-26-52(48(30-39)41-17-14-13-15-18-41)62-53-20-16-19-47(54(53)61-56(62)49-35-46(58(7,8)9)36-50(55(49)63)59(10,11)12)43-31-44(33-45(32-43)57(4,5)6)51-34-42(27-28-60-51)40-24-21-38(3)22-25-40;/h13-28,30,32-37,63H,29H2,1-12H3;/q-1;/i7D3,8D3,9D3,10D3,11D3,12D3;. The van der Waals surface area contributed by atoms with Crippen molar-refractivity contribution >= 4 is 11.0 Å². The maximum absolute atomic E-state index is 13.0. The number of benzene rings is 6. The van der Waals surface area contributed by atoms with Crippen LogP contribution in [0, 0.1) is 18.9 Å². The molecule has 0 atom stereocenters. The minimum absolute atomic E-state index is 0. The summed E-state index contributed by atoms with van der Waals surface area (Å²) in [6, 6.07) is 40.4. The van der Waals surface area contributed by atoms with E-state index in [9.17, 15) is 5.11 Å². The summed E-state index contributed by atoms with van der Waals surface area (Å²) in [6.07, 6.45) is 2.34. The summed E-state index contributed by atoms with van der Waals surface area (Å²) in [5.41, 5.74) is -3.21. The van der Waals surface area contributed by atoms with Crippen LogP contribution in [0.1, 0.15) is 128 Å². The molecule has 8 rings (SSSR count). The monoisotopic (exact) mass is 1040 g/mol. The number of nitrogens with zero attached hydrogens (tertiary/aromatic N) is 3. The Balaban J connectivity index is 0.00000968. The Labute approximate surface area is 421 Å². The van der Waals surface area contributed by atoms with Crippen molar-refractivity contribution in [3.05, 3.63) is 167 Å². The van der Waals surface area contributed by atoms with Crippen molar-refractivity contribution in [2.24, 2.45) is 5.92 Å². The number of phenolic OH excluding ortho intramolecular Hbond substituents is 1. The molecular formula is C59H62N3OPt-. The van der Waals surface area contributed by atoms with Crippen LogP contribution in [-0.4, -0.2) is 19.6 Å². The first kappa shape index (κ1) is 28.4. The molecule has 0 bridgehead atoms. The number of para-hydroxylation sites is 1. The van der Waals surface area contributed by atoms with Crippen LogP contribution in [-0.2, 0) is 43.7 Å². The molecule has 330 valence electrons. The van der Waals surface area contributed by atoms with Gasteiger partial charge in [-0.1, -0.05) is 177 Å². The fraction of sp³-hybridized carbons (Fsp3) is 0.288. The first-order valence-corrected chi connectivity index (χ1v) is 21.0. The molecular weight excluding hydrogens is 962 g/mol. The van der Waals surface area contributed by atoms with E-state index in [1.165, 1.54) is 4.57 Å². The molecule has 0 amide bonds. The van der Waals surface area contributed by atoms with Gasteiger partial charge in [-0.15, -0.1) is 29.3 Å². The van der Waals surface area contributed by atoms with E-state index in [1.54, 1.807) is 30.5 Å². The predicted molar refractivity (Wildman–Crippen MR) is 266 cm³/mol. The van der Waals surface area contributed by atoms with Gasteiger partial charge >= 0.3 is 0 Å².